The molecule has 0 radical (unpaired) electrons. The standard InChI is InChI=1S/C16H23NO2/c1-3-5-13-9-16(19)17(10-13)11-15(18)14-7-4-6-12(2)8-14/h4,6-8,13,15,18H,3,5,9-11H2,1-2H3. The van der Waals surface area contributed by atoms with Crippen LogP contribution in [0.5, 0.6) is 0 Å². The molecule has 1 amide bonds. The number of aliphatic hydroxyl groups excluding tert-OH is 1. The van der Waals surface area contributed by atoms with Crippen molar-refractivity contribution >= 4 is 5.91 Å². The minimum Gasteiger partial charge on any atom is -0.387 e. The number of aliphatic hydroxyl groups is 1. The Morgan fingerprint density at radius 1 is 1.47 bits per heavy atom. The van der Waals surface area contributed by atoms with E-state index in [1.165, 1.54) is 0 Å². The minimum atomic E-state index is -0.579. The number of hydrogen-bond donors (Lipinski definition) is 1. The van der Waals surface area contributed by atoms with Crippen molar-refractivity contribution in [2.45, 2.75) is 39.2 Å². The zero-order valence-electron chi connectivity index (χ0n) is 11.8. The molecule has 0 aromatic heterocycles. The van der Waals surface area contributed by atoms with Gasteiger partial charge in [-0.15, -0.1) is 0 Å². The number of benzene rings is 1. The Hall–Kier alpha value is -1.35. The maximum absolute atomic E-state index is 11.9. The van der Waals surface area contributed by atoms with Crippen LogP contribution in [0.2, 0.25) is 0 Å². The van der Waals surface area contributed by atoms with Crippen molar-refractivity contribution in [1.29, 1.82) is 0 Å². The van der Waals surface area contributed by atoms with Crippen molar-refractivity contribution in [1.82, 2.24) is 4.90 Å². The van der Waals surface area contributed by atoms with Crippen molar-refractivity contribution in [3.05, 3.63) is 35.4 Å². The first-order valence-corrected chi connectivity index (χ1v) is 7.12. The Morgan fingerprint density at radius 3 is 2.95 bits per heavy atom. The van der Waals surface area contributed by atoms with Crippen LogP contribution < -0.4 is 0 Å². The molecule has 0 aliphatic carbocycles. The van der Waals surface area contributed by atoms with Gasteiger partial charge in [0, 0.05) is 13.0 Å². The first-order valence-electron chi connectivity index (χ1n) is 7.12. The molecule has 0 saturated carbocycles. The first-order chi connectivity index (χ1) is 9.10. The van der Waals surface area contributed by atoms with E-state index in [2.05, 4.69) is 6.92 Å². The van der Waals surface area contributed by atoms with Crippen molar-refractivity contribution in [3.63, 3.8) is 0 Å². The number of rotatable bonds is 5. The quantitative estimate of drug-likeness (QED) is 0.885. The second-order valence-corrected chi connectivity index (χ2v) is 5.59. The fourth-order valence-corrected chi connectivity index (χ4v) is 2.82. The lowest BCUT2D eigenvalue weighted by atomic mass is 10.0. The van der Waals surface area contributed by atoms with Crippen LogP contribution in [0.1, 0.15) is 43.4 Å². The van der Waals surface area contributed by atoms with Gasteiger partial charge in [-0.1, -0.05) is 43.2 Å². The molecule has 3 heteroatoms. The molecule has 0 spiro atoms. The van der Waals surface area contributed by atoms with E-state index in [4.69, 9.17) is 0 Å². The van der Waals surface area contributed by atoms with Gasteiger partial charge >= 0.3 is 0 Å². The summed E-state index contributed by atoms with van der Waals surface area (Å²) in [5, 5.41) is 10.2. The number of β-amino-alcohol motifs (C(OH)–C–C–N with tert-alkyl or cyclic N) is 1. The van der Waals surface area contributed by atoms with Crippen LogP contribution in [-0.2, 0) is 4.79 Å². The Balaban J connectivity index is 1.96. The molecule has 2 atom stereocenters. The molecule has 2 unspecified atom stereocenters. The van der Waals surface area contributed by atoms with E-state index in [0.29, 0.717) is 18.9 Å². The van der Waals surface area contributed by atoms with Gasteiger partial charge in [0.2, 0.25) is 5.91 Å². The fraction of sp³-hybridized carbons (Fsp3) is 0.562. The smallest absolute Gasteiger partial charge is 0.223 e. The third kappa shape index (κ3) is 3.57. The summed E-state index contributed by atoms with van der Waals surface area (Å²) < 4.78 is 0. The highest BCUT2D eigenvalue weighted by Crippen LogP contribution is 2.25. The maximum atomic E-state index is 11.9. The Morgan fingerprint density at radius 2 is 2.26 bits per heavy atom. The van der Waals surface area contributed by atoms with Crippen LogP contribution >= 0.6 is 0 Å². The third-order valence-electron chi connectivity index (χ3n) is 3.81. The number of hydrogen-bond acceptors (Lipinski definition) is 2. The molecule has 1 heterocycles. The topological polar surface area (TPSA) is 40.5 Å². The zero-order chi connectivity index (χ0) is 13.8. The summed E-state index contributed by atoms with van der Waals surface area (Å²) in [7, 11) is 0. The lowest BCUT2D eigenvalue weighted by molar-refractivity contribution is -0.129. The summed E-state index contributed by atoms with van der Waals surface area (Å²) in [4.78, 5) is 13.7. The second-order valence-electron chi connectivity index (χ2n) is 5.59. The maximum Gasteiger partial charge on any atom is 0.223 e. The molecule has 3 nitrogen and oxygen atoms in total. The molecule has 1 aromatic carbocycles. The monoisotopic (exact) mass is 261 g/mol. The minimum absolute atomic E-state index is 0.185. The number of aryl methyl sites for hydroxylation is 1. The van der Waals surface area contributed by atoms with Crippen molar-refractivity contribution in [2.75, 3.05) is 13.1 Å². The number of carbonyl (C=O) groups is 1. The highest BCUT2D eigenvalue weighted by Gasteiger charge is 2.30. The normalized spacial score (nSPS) is 20.9. The lowest BCUT2D eigenvalue weighted by Crippen LogP contribution is -2.30. The van der Waals surface area contributed by atoms with Crippen molar-refractivity contribution in [3.8, 4) is 0 Å². The van der Waals surface area contributed by atoms with E-state index in [1.807, 2.05) is 36.1 Å². The SMILES string of the molecule is CCCC1CC(=O)N(CC(O)c2cccc(C)c2)C1. The average Bonchev–Trinajstić information content (AvgIpc) is 2.70. The number of nitrogens with zero attached hydrogens (tertiary/aromatic N) is 1. The molecule has 1 aromatic rings. The van der Waals surface area contributed by atoms with Crippen LogP contribution in [0.25, 0.3) is 0 Å². The van der Waals surface area contributed by atoms with Crippen molar-refractivity contribution < 1.29 is 9.90 Å². The van der Waals surface area contributed by atoms with Crippen LogP contribution in [-0.4, -0.2) is 29.0 Å². The molecule has 1 saturated heterocycles. The number of carbonyl (C=O) groups excluding carboxylic acids is 1. The summed E-state index contributed by atoms with van der Waals surface area (Å²) in [5.74, 6) is 0.660. The molecule has 19 heavy (non-hydrogen) atoms. The number of amides is 1. The van der Waals surface area contributed by atoms with Gasteiger partial charge in [-0.3, -0.25) is 4.79 Å². The molecular formula is C16H23NO2. The lowest BCUT2D eigenvalue weighted by Gasteiger charge is -2.21. The highest BCUT2D eigenvalue weighted by atomic mass is 16.3. The van der Waals surface area contributed by atoms with Gasteiger partial charge in [0.05, 0.1) is 12.6 Å². The second kappa shape index (κ2) is 6.20. The van der Waals surface area contributed by atoms with Gasteiger partial charge in [0.15, 0.2) is 0 Å². The summed E-state index contributed by atoms with van der Waals surface area (Å²) in [5.41, 5.74) is 2.03. The van der Waals surface area contributed by atoms with E-state index < -0.39 is 6.10 Å². The molecule has 1 aliphatic rings. The van der Waals surface area contributed by atoms with Gasteiger partial charge < -0.3 is 10.0 Å². The van der Waals surface area contributed by atoms with Crippen LogP contribution in [0.15, 0.2) is 24.3 Å². The Kier molecular flexibility index (Phi) is 4.59. The molecule has 2 rings (SSSR count). The van der Waals surface area contributed by atoms with E-state index >= 15 is 0 Å². The first kappa shape index (κ1) is 14.1. The zero-order valence-corrected chi connectivity index (χ0v) is 11.8. The fourth-order valence-electron chi connectivity index (χ4n) is 2.82. The largest absolute Gasteiger partial charge is 0.387 e. The van der Waals surface area contributed by atoms with Crippen molar-refractivity contribution in [2.24, 2.45) is 5.92 Å². The predicted octanol–water partition coefficient (Wildman–Crippen LogP) is 2.68. The highest BCUT2D eigenvalue weighted by molar-refractivity contribution is 5.78. The summed E-state index contributed by atoms with van der Waals surface area (Å²) in [6, 6.07) is 7.85. The molecule has 104 valence electrons. The van der Waals surface area contributed by atoms with Crippen LogP contribution in [0.3, 0.4) is 0 Å². The summed E-state index contributed by atoms with van der Waals surface area (Å²) in [6.45, 7) is 5.38. The van der Waals surface area contributed by atoms with E-state index in [0.717, 1.165) is 30.5 Å². The predicted molar refractivity (Wildman–Crippen MR) is 75.7 cm³/mol. The van der Waals surface area contributed by atoms with Gasteiger partial charge in [0.25, 0.3) is 0 Å². The Bertz CT molecular complexity index is 444. The van der Waals surface area contributed by atoms with Crippen LogP contribution in [0, 0.1) is 12.8 Å². The van der Waals surface area contributed by atoms with Gasteiger partial charge in [-0.25, -0.2) is 0 Å². The molecule has 1 N–H and O–H groups in total. The Labute approximate surface area is 115 Å². The van der Waals surface area contributed by atoms with E-state index in [-0.39, 0.29) is 5.91 Å². The van der Waals surface area contributed by atoms with Gasteiger partial charge in [-0.2, -0.15) is 0 Å². The summed E-state index contributed by atoms with van der Waals surface area (Å²) in [6.07, 6.45) is 2.29. The average molecular weight is 261 g/mol. The van der Waals surface area contributed by atoms with Gasteiger partial charge in [0.1, 0.15) is 0 Å². The molecule has 0 bridgehead atoms. The van der Waals surface area contributed by atoms with Gasteiger partial charge in [-0.05, 0) is 24.8 Å². The molecule has 1 fully saturated rings. The van der Waals surface area contributed by atoms with E-state index in [1.54, 1.807) is 0 Å². The third-order valence-corrected chi connectivity index (χ3v) is 3.81. The van der Waals surface area contributed by atoms with E-state index in [9.17, 15) is 9.90 Å². The number of likely N-dealkylation sites (tertiary alicyclic amines) is 1. The van der Waals surface area contributed by atoms with Crippen LogP contribution in [0.4, 0.5) is 0 Å². The summed E-state index contributed by atoms with van der Waals surface area (Å²) >= 11 is 0. The molecule has 1 aliphatic heterocycles. The molecular weight excluding hydrogens is 238 g/mol.